The number of hydrogen-bond acceptors (Lipinski definition) is 5. The largest absolute Gasteiger partial charge is 0.497 e. The summed E-state index contributed by atoms with van der Waals surface area (Å²) in [6, 6.07) is 10.2. The van der Waals surface area contributed by atoms with Crippen LogP contribution in [-0.4, -0.2) is 25.2 Å². The van der Waals surface area contributed by atoms with Crippen LogP contribution in [0.4, 0.5) is 11.5 Å². The van der Waals surface area contributed by atoms with Gasteiger partial charge in [0.2, 0.25) is 0 Å². The molecule has 0 amide bonds. The zero-order valence-electron chi connectivity index (χ0n) is 14.5. The van der Waals surface area contributed by atoms with Crippen molar-refractivity contribution in [1.29, 1.82) is 5.26 Å². The molecule has 0 spiro atoms. The minimum atomic E-state index is 0.137. The lowest BCUT2D eigenvalue weighted by molar-refractivity contribution is 0.414. The van der Waals surface area contributed by atoms with Crippen LogP contribution in [0, 0.1) is 17.2 Å². The first-order valence-corrected chi connectivity index (χ1v) is 9.65. The van der Waals surface area contributed by atoms with Gasteiger partial charge in [0.15, 0.2) is 0 Å². The third-order valence-electron chi connectivity index (χ3n) is 4.56. The molecule has 5 nitrogen and oxygen atoms in total. The van der Waals surface area contributed by atoms with Gasteiger partial charge in [0.1, 0.15) is 16.6 Å². The van der Waals surface area contributed by atoms with E-state index in [4.69, 9.17) is 21.6 Å². The van der Waals surface area contributed by atoms with Crippen LogP contribution < -0.4 is 15.0 Å². The molecule has 1 aromatic heterocycles. The number of benzene rings is 1. The van der Waals surface area contributed by atoms with Crippen molar-refractivity contribution in [2.45, 2.75) is 19.4 Å². The Morgan fingerprint density at radius 1 is 1.35 bits per heavy atom. The Morgan fingerprint density at radius 2 is 2.04 bits per heavy atom. The van der Waals surface area contributed by atoms with E-state index in [1.165, 1.54) is 0 Å². The van der Waals surface area contributed by atoms with Gasteiger partial charge < -0.3 is 15.0 Å². The molecule has 0 aliphatic carbocycles. The molecule has 136 valence electrons. The third kappa shape index (κ3) is 4.22. The van der Waals surface area contributed by atoms with Gasteiger partial charge >= 0.3 is 0 Å². The van der Waals surface area contributed by atoms with Crippen molar-refractivity contribution >= 4 is 39.0 Å². The van der Waals surface area contributed by atoms with E-state index in [0.717, 1.165) is 47.4 Å². The lowest BCUT2D eigenvalue weighted by Crippen LogP contribution is -2.33. The second-order valence-electron chi connectivity index (χ2n) is 6.21. The number of nitrogens with one attached hydrogen (secondary N) is 1. The van der Waals surface area contributed by atoms with E-state index in [2.05, 4.69) is 37.2 Å². The Bertz CT molecular complexity index is 798. The minimum absolute atomic E-state index is 0.137. The molecule has 0 atom stereocenters. The maximum atomic E-state index is 9.08. The Labute approximate surface area is 167 Å². The van der Waals surface area contributed by atoms with E-state index in [1.54, 1.807) is 13.3 Å². The molecule has 0 bridgehead atoms. The third-order valence-corrected chi connectivity index (χ3v) is 5.50. The van der Waals surface area contributed by atoms with Crippen molar-refractivity contribution in [2.24, 2.45) is 5.92 Å². The Kier molecular flexibility index (Phi) is 6.23. The molecule has 7 heteroatoms. The summed E-state index contributed by atoms with van der Waals surface area (Å²) in [6.45, 7) is 2.26. The predicted molar refractivity (Wildman–Crippen MR) is 108 cm³/mol. The van der Waals surface area contributed by atoms with Crippen molar-refractivity contribution in [3.8, 4) is 11.8 Å². The lowest BCUT2D eigenvalue weighted by atomic mass is 9.98. The highest BCUT2D eigenvalue weighted by atomic mass is 79.9. The SMILES string of the molecule is COc1ccc(CNc2ncc(Br)c(N3CCC(C#N)CC3)c2Cl)cc1. The van der Waals surface area contributed by atoms with E-state index >= 15 is 0 Å². The number of aromatic nitrogens is 1. The van der Waals surface area contributed by atoms with Crippen LogP contribution in [0.3, 0.4) is 0 Å². The summed E-state index contributed by atoms with van der Waals surface area (Å²) in [5.74, 6) is 1.62. The zero-order valence-corrected chi connectivity index (χ0v) is 16.8. The molecule has 1 aliphatic heterocycles. The van der Waals surface area contributed by atoms with Crippen molar-refractivity contribution in [2.75, 3.05) is 30.4 Å². The normalized spacial score (nSPS) is 14.8. The van der Waals surface area contributed by atoms with Gasteiger partial charge in [-0.2, -0.15) is 5.26 Å². The van der Waals surface area contributed by atoms with Crippen molar-refractivity contribution in [3.05, 3.63) is 45.5 Å². The summed E-state index contributed by atoms with van der Waals surface area (Å²) in [7, 11) is 1.65. The summed E-state index contributed by atoms with van der Waals surface area (Å²) in [5.41, 5.74) is 2.05. The standard InChI is InChI=1S/C19H20BrClN4O/c1-26-15-4-2-14(3-5-15)11-23-19-17(21)18(16(20)12-24-19)25-8-6-13(10-22)7-9-25/h2-5,12-13H,6-9,11H2,1H3,(H,23,24). The smallest absolute Gasteiger partial charge is 0.147 e. The van der Waals surface area contributed by atoms with E-state index in [0.29, 0.717) is 17.4 Å². The minimum Gasteiger partial charge on any atom is -0.497 e. The topological polar surface area (TPSA) is 61.2 Å². The van der Waals surface area contributed by atoms with Crippen LogP contribution in [0.5, 0.6) is 5.75 Å². The summed E-state index contributed by atoms with van der Waals surface area (Å²) >= 11 is 10.2. The van der Waals surface area contributed by atoms with Gasteiger partial charge in [0.05, 0.1) is 23.3 Å². The number of anilines is 2. The first-order valence-electron chi connectivity index (χ1n) is 8.47. The quantitative estimate of drug-likeness (QED) is 0.727. The summed E-state index contributed by atoms with van der Waals surface area (Å²) < 4.78 is 6.05. The second-order valence-corrected chi connectivity index (χ2v) is 7.44. The highest BCUT2D eigenvalue weighted by Gasteiger charge is 2.24. The Morgan fingerprint density at radius 3 is 2.65 bits per heavy atom. The fraction of sp³-hybridized carbons (Fsp3) is 0.368. The van der Waals surface area contributed by atoms with E-state index in [9.17, 15) is 0 Å². The van der Waals surface area contributed by atoms with E-state index < -0.39 is 0 Å². The van der Waals surface area contributed by atoms with Crippen LogP contribution in [0.15, 0.2) is 34.9 Å². The molecule has 1 saturated heterocycles. The first-order chi connectivity index (χ1) is 12.6. The molecule has 1 aliphatic rings. The number of nitriles is 1. The average Bonchev–Trinajstić information content (AvgIpc) is 2.68. The number of ether oxygens (including phenoxy) is 1. The molecule has 2 heterocycles. The summed E-state index contributed by atoms with van der Waals surface area (Å²) in [4.78, 5) is 6.64. The van der Waals surface area contributed by atoms with Gasteiger partial charge in [0, 0.05) is 31.7 Å². The molecular weight excluding hydrogens is 416 g/mol. The maximum absolute atomic E-state index is 9.08. The summed E-state index contributed by atoms with van der Waals surface area (Å²) in [5, 5.41) is 13.0. The van der Waals surface area contributed by atoms with E-state index in [1.807, 2.05) is 24.3 Å². The first kappa shape index (κ1) is 18.8. The monoisotopic (exact) mass is 434 g/mol. The molecule has 2 aromatic rings. The van der Waals surface area contributed by atoms with Gasteiger partial charge in [-0.3, -0.25) is 0 Å². The number of methoxy groups -OCH3 is 1. The van der Waals surface area contributed by atoms with Crippen molar-refractivity contribution in [3.63, 3.8) is 0 Å². The fourth-order valence-corrected chi connectivity index (χ4v) is 4.03. The maximum Gasteiger partial charge on any atom is 0.147 e. The van der Waals surface area contributed by atoms with Gasteiger partial charge in [-0.05, 0) is 46.5 Å². The average molecular weight is 436 g/mol. The molecule has 3 rings (SSSR count). The zero-order chi connectivity index (χ0) is 18.5. The molecule has 26 heavy (non-hydrogen) atoms. The van der Waals surface area contributed by atoms with Crippen LogP contribution in [0.2, 0.25) is 5.02 Å². The van der Waals surface area contributed by atoms with E-state index in [-0.39, 0.29) is 5.92 Å². The van der Waals surface area contributed by atoms with Crippen LogP contribution >= 0.6 is 27.5 Å². The number of piperidine rings is 1. The van der Waals surface area contributed by atoms with Crippen molar-refractivity contribution < 1.29 is 4.74 Å². The van der Waals surface area contributed by atoms with Gasteiger partial charge in [0.25, 0.3) is 0 Å². The molecule has 1 N–H and O–H groups in total. The van der Waals surface area contributed by atoms with Gasteiger partial charge in [-0.1, -0.05) is 23.7 Å². The lowest BCUT2D eigenvalue weighted by Gasteiger charge is -2.32. The number of rotatable bonds is 5. The molecule has 0 radical (unpaired) electrons. The predicted octanol–water partition coefficient (Wildman–Crippen LogP) is 4.86. The van der Waals surface area contributed by atoms with Crippen LogP contribution in [-0.2, 0) is 6.54 Å². The highest BCUT2D eigenvalue weighted by molar-refractivity contribution is 9.10. The van der Waals surface area contributed by atoms with Crippen molar-refractivity contribution in [1.82, 2.24) is 4.98 Å². The van der Waals surface area contributed by atoms with Gasteiger partial charge in [-0.25, -0.2) is 4.98 Å². The molecule has 1 fully saturated rings. The number of pyridine rings is 1. The number of nitrogens with zero attached hydrogens (tertiary/aromatic N) is 3. The van der Waals surface area contributed by atoms with Crippen LogP contribution in [0.25, 0.3) is 0 Å². The Hall–Kier alpha value is -1.97. The number of halogens is 2. The molecular formula is C19H20BrClN4O. The van der Waals surface area contributed by atoms with Gasteiger partial charge in [-0.15, -0.1) is 0 Å². The second kappa shape index (κ2) is 8.61. The Balaban J connectivity index is 1.73. The molecule has 0 saturated carbocycles. The highest BCUT2D eigenvalue weighted by Crippen LogP contribution is 2.39. The fourth-order valence-electron chi connectivity index (χ4n) is 3.03. The summed E-state index contributed by atoms with van der Waals surface area (Å²) in [6.07, 6.45) is 3.49. The van der Waals surface area contributed by atoms with Crippen LogP contribution in [0.1, 0.15) is 18.4 Å². The molecule has 1 aromatic carbocycles. The molecule has 0 unspecified atom stereocenters. The number of hydrogen-bond donors (Lipinski definition) is 1.